The highest BCUT2D eigenvalue weighted by molar-refractivity contribution is 7.10. The van der Waals surface area contributed by atoms with Crippen molar-refractivity contribution in [3.8, 4) is 0 Å². The molecule has 16 heavy (non-hydrogen) atoms. The number of aryl methyl sites for hydroxylation is 2. The Morgan fingerprint density at radius 2 is 2.38 bits per heavy atom. The van der Waals surface area contributed by atoms with E-state index in [4.69, 9.17) is 0 Å². The van der Waals surface area contributed by atoms with Crippen molar-refractivity contribution in [3.05, 3.63) is 39.8 Å². The second-order valence-corrected chi connectivity index (χ2v) is 4.99. The molecule has 2 aromatic heterocycles. The van der Waals surface area contributed by atoms with Crippen molar-refractivity contribution in [2.45, 2.75) is 32.9 Å². The molecule has 4 heteroatoms. The second kappa shape index (κ2) is 4.80. The van der Waals surface area contributed by atoms with Gasteiger partial charge in [0.05, 0.1) is 5.69 Å². The third-order valence-electron chi connectivity index (χ3n) is 2.53. The maximum absolute atomic E-state index is 10.2. The zero-order chi connectivity index (χ0) is 11.5. The van der Waals surface area contributed by atoms with Gasteiger partial charge in [0, 0.05) is 17.6 Å². The number of hydrogen-bond donors (Lipinski definition) is 1. The van der Waals surface area contributed by atoms with Crippen molar-refractivity contribution in [1.29, 1.82) is 0 Å². The van der Waals surface area contributed by atoms with Gasteiger partial charge in [-0.15, -0.1) is 11.3 Å². The first kappa shape index (κ1) is 11.4. The van der Waals surface area contributed by atoms with E-state index in [2.05, 4.69) is 12.0 Å². The quantitative estimate of drug-likeness (QED) is 0.886. The molecule has 0 amide bonds. The molecule has 0 saturated carbocycles. The summed E-state index contributed by atoms with van der Waals surface area (Å²) in [6, 6.07) is 3.91. The van der Waals surface area contributed by atoms with E-state index in [-0.39, 0.29) is 0 Å². The Kier molecular flexibility index (Phi) is 3.41. The van der Waals surface area contributed by atoms with Gasteiger partial charge in [0.1, 0.15) is 6.10 Å². The van der Waals surface area contributed by atoms with Gasteiger partial charge in [-0.25, -0.2) is 0 Å². The Hall–Kier alpha value is -1.13. The molecule has 2 rings (SSSR count). The van der Waals surface area contributed by atoms with Crippen LogP contribution in [0.15, 0.2) is 23.7 Å². The second-order valence-electron chi connectivity index (χ2n) is 3.87. The van der Waals surface area contributed by atoms with Crippen molar-refractivity contribution >= 4 is 11.3 Å². The van der Waals surface area contributed by atoms with Gasteiger partial charge < -0.3 is 5.11 Å². The Bertz CT molecular complexity index is 461. The van der Waals surface area contributed by atoms with Gasteiger partial charge >= 0.3 is 0 Å². The number of hydrogen-bond acceptors (Lipinski definition) is 3. The highest BCUT2D eigenvalue weighted by atomic mass is 32.1. The molecule has 0 saturated heterocycles. The Morgan fingerprint density at radius 3 is 3.00 bits per heavy atom. The summed E-state index contributed by atoms with van der Waals surface area (Å²) in [7, 11) is 0. The van der Waals surface area contributed by atoms with Gasteiger partial charge in [0.25, 0.3) is 0 Å². The third-order valence-corrected chi connectivity index (χ3v) is 3.41. The van der Waals surface area contributed by atoms with Gasteiger partial charge in [0.2, 0.25) is 0 Å². The van der Waals surface area contributed by atoms with Crippen molar-refractivity contribution in [1.82, 2.24) is 9.78 Å². The van der Waals surface area contributed by atoms with Gasteiger partial charge in [-0.2, -0.15) is 5.10 Å². The lowest BCUT2D eigenvalue weighted by atomic mass is 10.1. The molecule has 0 aliphatic carbocycles. The molecule has 1 N–H and O–H groups in total. The fourth-order valence-corrected chi connectivity index (χ4v) is 2.47. The van der Waals surface area contributed by atoms with Crippen LogP contribution in [0, 0.1) is 6.92 Å². The van der Waals surface area contributed by atoms with Crippen LogP contribution in [0.2, 0.25) is 0 Å². The largest absolute Gasteiger partial charge is 0.382 e. The molecular weight excluding hydrogens is 220 g/mol. The molecule has 2 heterocycles. The molecule has 1 unspecified atom stereocenters. The van der Waals surface area contributed by atoms with E-state index >= 15 is 0 Å². The summed E-state index contributed by atoms with van der Waals surface area (Å²) in [5.41, 5.74) is 1.83. The Balaban J connectivity index is 2.26. The SMILES string of the molecule is CCCn1nccc1C(O)c1csc(C)c1. The summed E-state index contributed by atoms with van der Waals surface area (Å²) in [6.45, 7) is 5.00. The summed E-state index contributed by atoms with van der Waals surface area (Å²) in [5.74, 6) is 0. The first-order valence-corrected chi connectivity index (χ1v) is 6.35. The highest BCUT2D eigenvalue weighted by Gasteiger charge is 2.15. The molecule has 0 aliphatic rings. The minimum Gasteiger partial charge on any atom is -0.382 e. The molecular formula is C12H16N2OS. The first-order valence-electron chi connectivity index (χ1n) is 5.47. The maximum atomic E-state index is 10.2. The Morgan fingerprint density at radius 1 is 1.56 bits per heavy atom. The summed E-state index contributed by atoms with van der Waals surface area (Å²) < 4.78 is 1.87. The molecule has 0 aromatic carbocycles. The fourth-order valence-electron chi connectivity index (χ4n) is 1.75. The minimum atomic E-state index is -0.556. The van der Waals surface area contributed by atoms with Gasteiger partial charge in [-0.05, 0) is 36.4 Å². The van der Waals surface area contributed by atoms with Crippen LogP contribution in [0.4, 0.5) is 0 Å². The molecule has 0 radical (unpaired) electrons. The van der Waals surface area contributed by atoms with Gasteiger partial charge in [0.15, 0.2) is 0 Å². The van der Waals surface area contributed by atoms with Crippen molar-refractivity contribution < 1.29 is 5.11 Å². The number of aliphatic hydroxyl groups is 1. The van der Waals surface area contributed by atoms with Crippen LogP contribution >= 0.6 is 11.3 Å². The van der Waals surface area contributed by atoms with Crippen molar-refractivity contribution in [2.75, 3.05) is 0 Å². The van der Waals surface area contributed by atoms with Crippen LogP contribution in [0.1, 0.15) is 35.6 Å². The topological polar surface area (TPSA) is 38.0 Å². The van der Waals surface area contributed by atoms with E-state index in [9.17, 15) is 5.11 Å². The zero-order valence-electron chi connectivity index (χ0n) is 9.55. The van der Waals surface area contributed by atoms with E-state index in [1.165, 1.54) is 4.88 Å². The molecule has 0 spiro atoms. The van der Waals surface area contributed by atoms with Crippen molar-refractivity contribution in [2.24, 2.45) is 0 Å². The lowest BCUT2D eigenvalue weighted by molar-refractivity contribution is 0.208. The minimum absolute atomic E-state index is 0.556. The van der Waals surface area contributed by atoms with Gasteiger partial charge in [-0.3, -0.25) is 4.68 Å². The van der Waals surface area contributed by atoms with Crippen LogP contribution in [0.3, 0.4) is 0 Å². The summed E-state index contributed by atoms with van der Waals surface area (Å²) >= 11 is 1.66. The fraction of sp³-hybridized carbons (Fsp3) is 0.417. The molecule has 1 atom stereocenters. The van der Waals surface area contributed by atoms with E-state index in [0.717, 1.165) is 24.2 Å². The average Bonchev–Trinajstić information content (AvgIpc) is 2.87. The number of thiophene rings is 1. The molecule has 0 fully saturated rings. The van der Waals surface area contributed by atoms with Crippen LogP contribution in [-0.2, 0) is 6.54 Å². The van der Waals surface area contributed by atoms with E-state index < -0.39 is 6.10 Å². The molecule has 86 valence electrons. The van der Waals surface area contributed by atoms with Crippen LogP contribution in [0.5, 0.6) is 0 Å². The summed E-state index contributed by atoms with van der Waals surface area (Å²) in [6.07, 6.45) is 2.20. The maximum Gasteiger partial charge on any atom is 0.121 e. The van der Waals surface area contributed by atoms with Crippen molar-refractivity contribution in [3.63, 3.8) is 0 Å². The van der Waals surface area contributed by atoms with Gasteiger partial charge in [-0.1, -0.05) is 6.92 Å². The lowest BCUT2D eigenvalue weighted by Gasteiger charge is -2.11. The zero-order valence-corrected chi connectivity index (χ0v) is 10.4. The lowest BCUT2D eigenvalue weighted by Crippen LogP contribution is -2.09. The van der Waals surface area contributed by atoms with E-state index in [1.54, 1.807) is 17.5 Å². The van der Waals surface area contributed by atoms with Crippen LogP contribution in [0.25, 0.3) is 0 Å². The highest BCUT2D eigenvalue weighted by Crippen LogP contribution is 2.25. The van der Waals surface area contributed by atoms with Crippen LogP contribution in [-0.4, -0.2) is 14.9 Å². The monoisotopic (exact) mass is 236 g/mol. The third kappa shape index (κ3) is 2.18. The normalized spacial score (nSPS) is 12.9. The van der Waals surface area contributed by atoms with E-state index in [1.807, 2.05) is 29.1 Å². The Labute approximate surface area is 99.4 Å². The number of aliphatic hydroxyl groups excluding tert-OH is 1. The molecule has 2 aromatic rings. The summed E-state index contributed by atoms with van der Waals surface area (Å²) in [4.78, 5) is 1.22. The number of nitrogens with zero attached hydrogens (tertiary/aromatic N) is 2. The van der Waals surface area contributed by atoms with E-state index in [0.29, 0.717) is 0 Å². The first-order chi connectivity index (χ1) is 7.72. The number of rotatable bonds is 4. The summed E-state index contributed by atoms with van der Waals surface area (Å²) in [5, 5.41) is 16.5. The standard InChI is InChI=1S/C12H16N2OS/c1-3-6-14-11(4-5-13-14)12(15)10-7-9(2)16-8-10/h4-5,7-8,12,15H,3,6H2,1-2H3. The predicted molar refractivity (Wildman–Crippen MR) is 65.6 cm³/mol. The molecule has 0 aliphatic heterocycles. The predicted octanol–water partition coefficient (Wildman–Crippen LogP) is 2.74. The smallest absolute Gasteiger partial charge is 0.121 e. The number of aromatic nitrogens is 2. The average molecular weight is 236 g/mol. The van der Waals surface area contributed by atoms with Crippen LogP contribution < -0.4 is 0 Å². The molecule has 3 nitrogen and oxygen atoms in total. The molecule has 0 bridgehead atoms.